The fourth-order valence-corrected chi connectivity index (χ4v) is 5.94. The molecule has 5 nitrogen and oxygen atoms in total. The Balaban J connectivity index is 1.73. The van der Waals surface area contributed by atoms with E-state index in [0.29, 0.717) is 17.4 Å². The molecule has 2 aromatic carbocycles. The van der Waals surface area contributed by atoms with E-state index in [1.54, 1.807) is 6.07 Å². The molecule has 1 saturated carbocycles. The van der Waals surface area contributed by atoms with E-state index in [0.717, 1.165) is 23.6 Å². The van der Waals surface area contributed by atoms with Crippen LogP contribution in [0.1, 0.15) is 46.1 Å². The van der Waals surface area contributed by atoms with Gasteiger partial charge >= 0.3 is 0 Å². The first-order valence-corrected chi connectivity index (χ1v) is 11.5. The Morgan fingerprint density at radius 2 is 1.96 bits per heavy atom. The standard InChI is InChI=1S/C22H30N2O3S/c1-5-18-12-17(15(2)22(18,3)4)14-28(26,27)24-23-13-20-19-9-7-6-8-16(19)10-11-21(20)25/h6-11,13,15,17-18,24-25H,5,12,14H2,1-4H3/b23-13+. The van der Waals surface area contributed by atoms with Crippen LogP contribution in [0.2, 0.25) is 0 Å². The maximum Gasteiger partial charge on any atom is 0.247 e. The highest BCUT2D eigenvalue weighted by Gasteiger charge is 2.46. The van der Waals surface area contributed by atoms with Gasteiger partial charge in [-0.3, -0.25) is 0 Å². The van der Waals surface area contributed by atoms with Crippen molar-refractivity contribution in [2.45, 2.75) is 40.5 Å². The van der Waals surface area contributed by atoms with Crippen LogP contribution in [0.5, 0.6) is 5.75 Å². The first kappa shape index (κ1) is 20.6. The highest BCUT2D eigenvalue weighted by molar-refractivity contribution is 7.89. The lowest BCUT2D eigenvalue weighted by atomic mass is 9.74. The molecule has 1 aliphatic rings. The number of phenols is 1. The van der Waals surface area contributed by atoms with Crippen molar-refractivity contribution < 1.29 is 13.5 Å². The van der Waals surface area contributed by atoms with Crippen LogP contribution in [-0.2, 0) is 10.0 Å². The SMILES string of the molecule is CCC1CC(CS(=O)(=O)N/N=C/c2c(O)ccc3ccccc23)C(C)C1(C)C. The molecule has 1 aliphatic carbocycles. The summed E-state index contributed by atoms with van der Waals surface area (Å²) in [5, 5.41) is 15.9. The maximum atomic E-state index is 12.6. The van der Waals surface area contributed by atoms with E-state index in [-0.39, 0.29) is 22.8 Å². The van der Waals surface area contributed by atoms with E-state index in [1.807, 2.05) is 30.3 Å². The van der Waals surface area contributed by atoms with Gasteiger partial charge in [-0.15, -0.1) is 0 Å². The predicted molar refractivity (Wildman–Crippen MR) is 115 cm³/mol. The minimum Gasteiger partial charge on any atom is -0.507 e. The summed E-state index contributed by atoms with van der Waals surface area (Å²) in [7, 11) is -3.55. The lowest BCUT2D eigenvalue weighted by Crippen LogP contribution is -2.30. The molecule has 1 fully saturated rings. The molecular weight excluding hydrogens is 372 g/mol. The van der Waals surface area contributed by atoms with E-state index in [2.05, 4.69) is 37.6 Å². The minimum atomic E-state index is -3.55. The molecule has 3 rings (SSSR count). The van der Waals surface area contributed by atoms with Gasteiger partial charge in [0.1, 0.15) is 5.75 Å². The highest BCUT2D eigenvalue weighted by atomic mass is 32.2. The monoisotopic (exact) mass is 402 g/mol. The third kappa shape index (κ3) is 4.02. The average Bonchev–Trinajstić information content (AvgIpc) is 2.86. The summed E-state index contributed by atoms with van der Waals surface area (Å²) in [4.78, 5) is 2.34. The maximum absolute atomic E-state index is 12.6. The Bertz CT molecular complexity index is 982. The van der Waals surface area contributed by atoms with Gasteiger partial charge in [0.25, 0.3) is 0 Å². The number of nitrogens with zero attached hydrogens (tertiary/aromatic N) is 1. The van der Waals surface area contributed by atoms with Crippen molar-refractivity contribution in [2.24, 2.45) is 28.3 Å². The normalized spacial score (nSPS) is 24.8. The number of sulfonamides is 1. The van der Waals surface area contributed by atoms with Crippen LogP contribution in [0.15, 0.2) is 41.5 Å². The van der Waals surface area contributed by atoms with Crippen molar-refractivity contribution in [3.05, 3.63) is 42.0 Å². The van der Waals surface area contributed by atoms with E-state index in [4.69, 9.17) is 0 Å². The van der Waals surface area contributed by atoms with Crippen molar-refractivity contribution in [3.63, 3.8) is 0 Å². The molecule has 0 heterocycles. The van der Waals surface area contributed by atoms with Crippen LogP contribution in [-0.4, -0.2) is 25.5 Å². The van der Waals surface area contributed by atoms with Crippen molar-refractivity contribution in [1.82, 2.24) is 4.83 Å². The quantitative estimate of drug-likeness (QED) is 0.551. The molecule has 28 heavy (non-hydrogen) atoms. The van der Waals surface area contributed by atoms with Gasteiger partial charge in [-0.25, -0.2) is 13.2 Å². The number of nitrogens with one attached hydrogen (secondary N) is 1. The second-order valence-corrected chi connectivity index (χ2v) is 10.3. The Morgan fingerprint density at radius 1 is 1.25 bits per heavy atom. The molecule has 3 atom stereocenters. The summed E-state index contributed by atoms with van der Waals surface area (Å²) in [5.41, 5.74) is 0.648. The molecule has 6 heteroatoms. The minimum absolute atomic E-state index is 0.0681. The largest absolute Gasteiger partial charge is 0.507 e. The number of phenolic OH excluding ortho intramolecular Hbond substituents is 1. The smallest absolute Gasteiger partial charge is 0.247 e. The molecule has 0 spiro atoms. The zero-order chi connectivity index (χ0) is 20.5. The van der Waals surface area contributed by atoms with Crippen LogP contribution >= 0.6 is 0 Å². The topological polar surface area (TPSA) is 78.8 Å². The lowest BCUT2D eigenvalue weighted by Gasteiger charge is -2.31. The van der Waals surface area contributed by atoms with Crippen molar-refractivity contribution in [2.75, 3.05) is 5.75 Å². The van der Waals surface area contributed by atoms with Gasteiger partial charge in [0.15, 0.2) is 0 Å². The molecule has 152 valence electrons. The first-order valence-electron chi connectivity index (χ1n) is 9.89. The molecule has 0 aliphatic heterocycles. The average molecular weight is 403 g/mol. The summed E-state index contributed by atoms with van der Waals surface area (Å²) >= 11 is 0. The van der Waals surface area contributed by atoms with Crippen molar-refractivity contribution >= 4 is 27.0 Å². The highest BCUT2D eigenvalue weighted by Crippen LogP contribution is 2.52. The Kier molecular flexibility index (Phi) is 5.71. The van der Waals surface area contributed by atoms with E-state index >= 15 is 0 Å². The zero-order valence-corrected chi connectivity index (χ0v) is 17.8. The molecule has 3 unspecified atom stereocenters. The number of hydrogen-bond donors (Lipinski definition) is 2. The number of benzene rings is 2. The summed E-state index contributed by atoms with van der Waals surface area (Å²) in [6.45, 7) is 8.82. The summed E-state index contributed by atoms with van der Waals surface area (Å²) in [6, 6.07) is 11.0. The molecule has 0 aromatic heterocycles. The molecule has 2 aromatic rings. The molecular formula is C22H30N2O3S. The van der Waals surface area contributed by atoms with Crippen molar-refractivity contribution in [3.8, 4) is 5.75 Å². The zero-order valence-electron chi connectivity index (χ0n) is 17.0. The summed E-state index contributed by atoms with van der Waals surface area (Å²) in [6.07, 6.45) is 3.38. The van der Waals surface area contributed by atoms with Gasteiger partial charge < -0.3 is 5.11 Å². The predicted octanol–water partition coefficient (Wildman–Crippen LogP) is 4.51. The Morgan fingerprint density at radius 3 is 2.64 bits per heavy atom. The van der Waals surface area contributed by atoms with Gasteiger partial charge in [-0.05, 0) is 46.4 Å². The number of hydrazone groups is 1. The number of hydrogen-bond acceptors (Lipinski definition) is 4. The van der Waals surface area contributed by atoms with Gasteiger partial charge in [0.2, 0.25) is 10.0 Å². The fraction of sp³-hybridized carbons (Fsp3) is 0.500. The van der Waals surface area contributed by atoms with E-state index in [1.165, 1.54) is 6.21 Å². The number of rotatable bonds is 6. The molecule has 0 bridgehead atoms. The molecule has 2 N–H and O–H groups in total. The number of fused-ring (bicyclic) bond motifs is 1. The molecule has 0 amide bonds. The first-order chi connectivity index (χ1) is 13.2. The van der Waals surface area contributed by atoms with Gasteiger partial charge in [-0.1, -0.05) is 64.4 Å². The molecule has 0 radical (unpaired) electrons. The molecule has 0 saturated heterocycles. The van der Waals surface area contributed by atoms with E-state index in [9.17, 15) is 13.5 Å². The van der Waals surface area contributed by atoms with Gasteiger partial charge in [-0.2, -0.15) is 5.10 Å². The van der Waals surface area contributed by atoms with Crippen LogP contribution in [0, 0.1) is 23.2 Å². The summed E-state index contributed by atoms with van der Waals surface area (Å²) in [5.74, 6) is 1.14. The third-order valence-electron chi connectivity index (χ3n) is 6.78. The lowest BCUT2D eigenvalue weighted by molar-refractivity contribution is 0.183. The summed E-state index contributed by atoms with van der Waals surface area (Å²) < 4.78 is 25.2. The second kappa shape index (κ2) is 7.74. The fourth-order valence-electron chi connectivity index (χ4n) is 4.67. The van der Waals surface area contributed by atoms with Gasteiger partial charge in [0, 0.05) is 5.56 Å². The third-order valence-corrected chi connectivity index (χ3v) is 8.03. The van der Waals surface area contributed by atoms with Crippen LogP contribution < -0.4 is 4.83 Å². The van der Waals surface area contributed by atoms with Crippen molar-refractivity contribution in [1.29, 1.82) is 0 Å². The van der Waals surface area contributed by atoms with Gasteiger partial charge in [0.05, 0.1) is 12.0 Å². The second-order valence-electron chi connectivity index (χ2n) is 8.56. The van der Waals surface area contributed by atoms with Crippen LogP contribution in [0.3, 0.4) is 0 Å². The number of aromatic hydroxyl groups is 1. The Labute approximate surface area is 167 Å². The van der Waals surface area contributed by atoms with E-state index < -0.39 is 10.0 Å². The van der Waals surface area contributed by atoms with Crippen LogP contribution in [0.4, 0.5) is 0 Å². The Hall–Kier alpha value is -2.08. The van der Waals surface area contributed by atoms with Crippen LogP contribution in [0.25, 0.3) is 10.8 Å².